The van der Waals surface area contributed by atoms with Crippen LogP contribution in [0.3, 0.4) is 0 Å². The van der Waals surface area contributed by atoms with Gasteiger partial charge in [0.1, 0.15) is 11.8 Å². The largest absolute Gasteiger partial charge is 0.478 e. The Balaban J connectivity index is 1.59. The Morgan fingerprint density at radius 3 is 2.30 bits per heavy atom. The number of imidazole rings is 1. The summed E-state index contributed by atoms with van der Waals surface area (Å²) in [5.41, 5.74) is 4.54. The summed E-state index contributed by atoms with van der Waals surface area (Å²) < 4.78 is 1.56. The number of benzene rings is 2. The number of aryl methyl sites for hydroxylation is 1. The van der Waals surface area contributed by atoms with Crippen LogP contribution < -0.4 is 0 Å². The van der Waals surface area contributed by atoms with Crippen LogP contribution in [0, 0.1) is 6.92 Å². The highest BCUT2D eigenvalue weighted by molar-refractivity contribution is 5.96. The standard InChI is InChI=1S/C26H22N2O5/c1-14-6-13-20(28-22(26(32)33)21(16-9-10-16)27-24(14)28)23(29)17-11-7-15(8-12-17)18-4-2-3-5-19(18)25(30)31/h2-8,11-13,16,23,29H,9-10H2,1H3,(H,30,31)(H,32,33)/t23-/m1/s1. The molecule has 0 bridgehead atoms. The lowest BCUT2D eigenvalue weighted by Crippen LogP contribution is -2.12. The van der Waals surface area contributed by atoms with Crippen LogP contribution in [0.4, 0.5) is 0 Å². The summed E-state index contributed by atoms with van der Waals surface area (Å²) in [6.45, 7) is 1.87. The summed E-state index contributed by atoms with van der Waals surface area (Å²) >= 11 is 0. The molecule has 0 aliphatic heterocycles. The van der Waals surface area contributed by atoms with Crippen molar-refractivity contribution in [1.82, 2.24) is 9.38 Å². The fourth-order valence-electron chi connectivity index (χ4n) is 4.31. The fourth-order valence-corrected chi connectivity index (χ4v) is 4.31. The lowest BCUT2D eigenvalue weighted by Gasteiger charge is -2.16. The van der Waals surface area contributed by atoms with Crippen LogP contribution in [-0.2, 0) is 0 Å². The van der Waals surface area contributed by atoms with Gasteiger partial charge in [-0.2, -0.15) is 0 Å². The highest BCUT2D eigenvalue weighted by Crippen LogP contribution is 2.42. The van der Waals surface area contributed by atoms with Crippen LogP contribution in [0.5, 0.6) is 0 Å². The fraction of sp³-hybridized carbons (Fsp3) is 0.192. The topological polar surface area (TPSA) is 112 Å². The SMILES string of the molecule is Cc1ccc([C@H](O)c2ccc(-c3ccccc3C(=O)O)cc2)n2c(C(=O)O)c(C3CC3)nc12. The molecule has 1 aliphatic carbocycles. The Morgan fingerprint density at radius 1 is 0.970 bits per heavy atom. The number of carboxylic acids is 2. The predicted octanol–water partition coefficient (Wildman–Crippen LogP) is 4.67. The van der Waals surface area contributed by atoms with E-state index in [1.807, 2.05) is 13.0 Å². The van der Waals surface area contributed by atoms with Crippen molar-refractivity contribution in [2.45, 2.75) is 31.8 Å². The molecule has 7 heteroatoms. The first kappa shape index (κ1) is 20.9. The molecule has 1 saturated carbocycles. The van der Waals surface area contributed by atoms with Gasteiger partial charge in [-0.05, 0) is 54.2 Å². The zero-order valence-corrected chi connectivity index (χ0v) is 17.9. The third kappa shape index (κ3) is 3.56. The second-order valence-corrected chi connectivity index (χ2v) is 8.40. The smallest absolute Gasteiger partial charge is 0.354 e. The van der Waals surface area contributed by atoms with Crippen molar-refractivity contribution in [2.24, 2.45) is 0 Å². The van der Waals surface area contributed by atoms with Gasteiger partial charge in [-0.1, -0.05) is 48.5 Å². The minimum absolute atomic E-state index is 0.109. The number of aromatic nitrogens is 2. The average Bonchev–Trinajstić information content (AvgIpc) is 3.58. The molecular weight excluding hydrogens is 420 g/mol. The van der Waals surface area contributed by atoms with Crippen LogP contribution in [0.1, 0.15) is 68.2 Å². The monoisotopic (exact) mass is 442 g/mol. The van der Waals surface area contributed by atoms with Crippen molar-refractivity contribution in [2.75, 3.05) is 0 Å². The molecule has 0 spiro atoms. The number of fused-ring (bicyclic) bond motifs is 1. The Labute approximate surface area is 189 Å². The second kappa shape index (κ2) is 7.86. The Kier molecular flexibility index (Phi) is 4.98. The molecule has 3 N–H and O–H groups in total. The number of carboxylic acid groups (broad SMARTS) is 2. The van der Waals surface area contributed by atoms with E-state index in [1.165, 1.54) is 0 Å². The lowest BCUT2D eigenvalue weighted by atomic mass is 9.97. The summed E-state index contributed by atoms with van der Waals surface area (Å²) in [6, 6.07) is 17.3. The number of aromatic carboxylic acids is 2. The minimum atomic E-state index is -1.09. The van der Waals surface area contributed by atoms with Crippen molar-refractivity contribution in [3.05, 3.63) is 94.4 Å². The highest BCUT2D eigenvalue weighted by Gasteiger charge is 2.34. The third-order valence-electron chi connectivity index (χ3n) is 6.16. The zero-order valence-electron chi connectivity index (χ0n) is 17.9. The van der Waals surface area contributed by atoms with E-state index in [1.54, 1.807) is 59.0 Å². The molecule has 4 aromatic rings. The molecule has 2 aromatic heterocycles. The van der Waals surface area contributed by atoms with Gasteiger partial charge in [0.15, 0.2) is 5.69 Å². The van der Waals surface area contributed by atoms with Crippen LogP contribution in [0.15, 0.2) is 60.7 Å². The zero-order chi connectivity index (χ0) is 23.3. The quantitative estimate of drug-likeness (QED) is 0.400. The maximum atomic E-state index is 12.1. The first-order valence-electron chi connectivity index (χ1n) is 10.7. The summed E-state index contributed by atoms with van der Waals surface area (Å²) in [5.74, 6) is -1.93. The molecule has 5 rings (SSSR count). The molecule has 0 unspecified atom stereocenters. The maximum absolute atomic E-state index is 12.1. The van der Waals surface area contributed by atoms with Gasteiger partial charge in [-0.3, -0.25) is 4.40 Å². The van der Waals surface area contributed by atoms with Gasteiger partial charge in [0, 0.05) is 5.92 Å². The number of hydrogen-bond acceptors (Lipinski definition) is 4. The molecule has 0 radical (unpaired) electrons. The molecule has 1 fully saturated rings. The van der Waals surface area contributed by atoms with Crippen molar-refractivity contribution in [3.63, 3.8) is 0 Å². The number of nitrogens with zero attached hydrogens (tertiary/aromatic N) is 2. The number of carbonyl (C=O) groups is 2. The molecule has 1 atom stereocenters. The van der Waals surface area contributed by atoms with E-state index in [-0.39, 0.29) is 17.2 Å². The third-order valence-corrected chi connectivity index (χ3v) is 6.16. The van der Waals surface area contributed by atoms with Gasteiger partial charge in [-0.15, -0.1) is 0 Å². The number of rotatable bonds is 6. The van der Waals surface area contributed by atoms with E-state index in [0.29, 0.717) is 33.7 Å². The number of aliphatic hydroxyl groups excluding tert-OH is 1. The summed E-state index contributed by atoms with van der Waals surface area (Å²) in [6.07, 6.45) is 0.747. The molecule has 33 heavy (non-hydrogen) atoms. The number of pyridine rings is 1. The number of aliphatic hydroxyl groups is 1. The molecule has 7 nitrogen and oxygen atoms in total. The van der Waals surface area contributed by atoms with Crippen molar-refractivity contribution in [1.29, 1.82) is 0 Å². The average molecular weight is 442 g/mol. The van der Waals surface area contributed by atoms with Gasteiger partial charge >= 0.3 is 11.9 Å². The van der Waals surface area contributed by atoms with Crippen molar-refractivity contribution in [3.8, 4) is 11.1 Å². The van der Waals surface area contributed by atoms with E-state index >= 15 is 0 Å². The molecule has 2 aromatic carbocycles. The van der Waals surface area contributed by atoms with E-state index in [0.717, 1.165) is 18.4 Å². The molecule has 0 saturated heterocycles. The highest BCUT2D eigenvalue weighted by atomic mass is 16.4. The van der Waals surface area contributed by atoms with Gasteiger partial charge < -0.3 is 15.3 Å². The van der Waals surface area contributed by atoms with Crippen LogP contribution >= 0.6 is 0 Å². The van der Waals surface area contributed by atoms with Crippen LogP contribution in [0.25, 0.3) is 16.8 Å². The van der Waals surface area contributed by atoms with Gasteiger partial charge in [0.25, 0.3) is 0 Å². The van der Waals surface area contributed by atoms with E-state index in [9.17, 15) is 24.9 Å². The molecule has 2 heterocycles. The van der Waals surface area contributed by atoms with Gasteiger partial charge in [0.2, 0.25) is 0 Å². The molecular formula is C26H22N2O5. The minimum Gasteiger partial charge on any atom is -0.478 e. The van der Waals surface area contributed by atoms with E-state index in [4.69, 9.17) is 0 Å². The predicted molar refractivity (Wildman–Crippen MR) is 122 cm³/mol. The first-order valence-corrected chi connectivity index (χ1v) is 10.7. The maximum Gasteiger partial charge on any atom is 0.354 e. The summed E-state index contributed by atoms with van der Waals surface area (Å²) in [5, 5.41) is 30.6. The first-order chi connectivity index (χ1) is 15.9. The Hall–Kier alpha value is -3.97. The van der Waals surface area contributed by atoms with Gasteiger partial charge in [-0.25, -0.2) is 14.6 Å². The molecule has 0 amide bonds. The summed E-state index contributed by atoms with van der Waals surface area (Å²) in [7, 11) is 0. The van der Waals surface area contributed by atoms with E-state index in [2.05, 4.69) is 4.98 Å². The second-order valence-electron chi connectivity index (χ2n) is 8.40. The summed E-state index contributed by atoms with van der Waals surface area (Å²) in [4.78, 5) is 28.3. The normalized spacial score (nSPS) is 14.4. The van der Waals surface area contributed by atoms with Crippen molar-refractivity contribution >= 4 is 17.6 Å². The van der Waals surface area contributed by atoms with Gasteiger partial charge in [0.05, 0.1) is 17.0 Å². The van der Waals surface area contributed by atoms with Crippen LogP contribution in [0.2, 0.25) is 0 Å². The lowest BCUT2D eigenvalue weighted by molar-refractivity contribution is 0.0680. The Bertz CT molecular complexity index is 1400. The van der Waals surface area contributed by atoms with Crippen LogP contribution in [-0.4, -0.2) is 36.6 Å². The number of hydrogen-bond donors (Lipinski definition) is 3. The Morgan fingerprint density at radius 2 is 1.67 bits per heavy atom. The molecule has 166 valence electrons. The van der Waals surface area contributed by atoms with E-state index < -0.39 is 18.0 Å². The van der Waals surface area contributed by atoms with Crippen molar-refractivity contribution < 1.29 is 24.9 Å². The molecule has 1 aliphatic rings.